The van der Waals surface area contributed by atoms with E-state index >= 15 is 0 Å². The molecule has 0 amide bonds. The molecule has 0 aliphatic carbocycles. The molecule has 0 atom stereocenters. The second-order valence-electron chi connectivity index (χ2n) is 3.99. The molecule has 16 heavy (non-hydrogen) atoms. The van der Waals surface area contributed by atoms with Gasteiger partial charge in [-0.3, -0.25) is 0 Å². The molecular formula is C14H15NO. The second kappa shape index (κ2) is 4.27. The fourth-order valence-electron chi connectivity index (χ4n) is 1.67. The number of hydrogen-bond acceptors (Lipinski definition) is 2. The first kappa shape index (κ1) is 10.6. The van der Waals surface area contributed by atoms with Crippen LogP contribution in [-0.4, -0.2) is 5.11 Å². The standard InChI is InChI=1S/C14H15NO/c1-10-4-3-5-12(8-10)15-14-7-6-13(16)9-11(14)2/h3-9,15-16H,1-2H3. The first-order valence-electron chi connectivity index (χ1n) is 5.28. The van der Waals surface area contributed by atoms with E-state index in [1.165, 1.54) is 5.56 Å². The highest BCUT2D eigenvalue weighted by molar-refractivity contribution is 5.64. The molecule has 2 aromatic rings. The maximum absolute atomic E-state index is 9.32. The Morgan fingerprint density at radius 2 is 1.81 bits per heavy atom. The van der Waals surface area contributed by atoms with Crippen LogP contribution in [0.15, 0.2) is 42.5 Å². The van der Waals surface area contributed by atoms with Crippen LogP contribution in [0.4, 0.5) is 11.4 Å². The Balaban J connectivity index is 2.27. The van der Waals surface area contributed by atoms with E-state index in [1.807, 2.05) is 25.1 Å². The summed E-state index contributed by atoms with van der Waals surface area (Å²) in [6.45, 7) is 4.03. The van der Waals surface area contributed by atoms with E-state index in [2.05, 4.69) is 24.4 Å². The van der Waals surface area contributed by atoms with Gasteiger partial charge in [0.05, 0.1) is 0 Å². The first-order chi connectivity index (χ1) is 7.65. The molecule has 2 aromatic carbocycles. The first-order valence-corrected chi connectivity index (χ1v) is 5.28. The predicted octanol–water partition coefficient (Wildman–Crippen LogP) is 3.75. The largest absolute Gasteiger partial charge is 0.508 e. The van der Waals surface area contributed by atoms with E-state index in [0.29, 0.717) is 5.75 Å². The number of anilines is 2. The van der Waals surface area contributed by atoms with Gasteiger partial charge >= 0.3 is 0 Å². The lowest BCUT2D eigenvalue weighted by atomic mass is 10.1. The van der Waals surface area contributed by atoms with E-state index in [-0.39, 0.29) is 0 Å². The Kier molecular flexibility index (Phi) is 2.82. The summed E-state index contributed by atoms with van der Waals surface area (Å²) in [5.41, 5.74) is 4.33. The summed E-state index contributed by atoms with van der Waals surface area (Å²) in [6.07, 6.45) is 0. The van der Waals surface area contributed by atoms with Gasteiger partial charge in [0.25, 0.3) is 0 Å². The summed E-state index contributed by atoms with van der Waals surface area (Å²) in [4.78, 5) is 0. The molecule has 0 aliphatic heterocycles. The predicted molar refractivity (Wildman–Crippen MR) is 67.3 cm³/mol. The zero-order valence-electron chi connectivity index (χ0n) is 9.49. The molecule has 0 bridgehead atoms. The van der Waals surface area contributed by atoms with E-state index < -0.39 is 0 Å². The van der Waals surface area contributed by atoms with Gasteiger partial charge in [-0.25, -0.2) is 0 Å². The Morgan fingerprint density at radius 3 is 2.50 bits per heavy atom. The van der Waals surface area contributed by atoms with Crippen molar-refractivity contribution in [2.45, 2.75) is 13.8 Å². The monoisotopic (exact) mass is 213 g/mol. The minimum atomic E-state index is 0.298. The maximum atomic E-state index is 9.32. The second-order valence-corrected chi connectivity index (χ2v) is 3.99. The van der Waals surface area contributed by atoms with Gasteiger partial charge in [-0.2, -0.15) is 0 Å². The van der Waals surface area contributed by atoms with Gasteiger partial charge < -0.3 is 10.4 Å². The number of aromatic hydroxyl groups is 1. The van der Waals surface area contributed by atoms with Gasteiger partial charge in [0.2, 0.25) is 0 Å². The normalized spacial score (nSPS) is 10.1. The number of aryl methyl sites for hydroxylation is 2. The summed E-state index contributed by atoms with van der Waals surface area (Å²) < 4.78 is 0. The lowest BCUT2D eigenvalue weighted by Crippen LogP contribution is -1.92. The molecule has 0 aliphatic rings. The number of phenols is 1. The summed E-state index contributed by atoms with van der Waals surface area (Å²) in [6, 6.07) is 13.5. The van der Waals surface area contributed by atoms with Crippen LogP contribution in [0.25, 0.3) is 0 Å². The fourth-order valence-corrected chi connectivity index (χ4v) is 1.67. The molecule has 0 aromatic heterocycles. The Morgan fingerprint density at radius 1 is 1.00 bits per heavy atom. The smallest absolute Gasteiger partial charge is 0.115 e. The molecule has 2 nitrogen and oxygen atoms in total. The average Bonchev–Trinajstić information content (AvgIpc) is 2.22. The molecule has 82 valence electrons. The molecular weight excluding hydrogens is 198 g/mol. The highest BCUT2D eigenvalue weighted by Gasteiger charge is 1.99. The number of rotatable bonds is 2. The molecule has 0 spiro atoms. The number of nitrogens with one attached hydrogen (secondary N) is 1. The van der Waals surface area contributed by atoms with Crippen molar-refractivity contribution < 1.29 is 5.11 Å². The van der Waals surface area contributed by atoms with Crippen molar-refractivity contribution in [2.24, 2.45) is 0 Å². The van der Waals surface area contributed by atoms with Crippen molar-refractivity contribution in [3.05, 3.63) is 53.6 Å². The summed E-state index contributed by atoms with van der Waals surface area (Å²) in [5, 5.41) is 12.6. The average molecular weight is 213 g/mol. The Labute approximate surface area is 95.6 Å². The zero-order valence-corrected chi connectivity index (χ0v) is 9.49. The maximum Gasteiger partial charge on any atom is 0.115 e. The van der Waals surface area contributed by atoms with Crippen LogP contribution < -0.4 is 5.32 Å². The zero-order chi connectivity index (χ0) is 11.5. The quantitative estimate of drug-likeness (QED) is 0.744. The van der Waals surface area contributed by atoms with Crippen molar-refractivity contribution in [1.82, 2.24) is 0 Å². The molecule has 0 radical (unpaired) electrons. The molecule has 0 fully saturated rings. The lowest BCUT2D eigenvalue weighted by Gasteiger charge is -2.10. The highest BCUT2D eigenvalue weighted by Crippen LogP contribution is 2.24. The van der Waals surface area contributed by atoms with Gasteiger partial charge in [0.15, 0.2) is 0 Å². The van der Waals surface area contributed by atoms with Crippen LogP contribution in [-0.2, 0) is 0 Å². The summed E-state index contributed by atoms with van der Waals surface area (Å²) in [7, 11) is 0. The van der Waals surface area contributed by atoms with E-state index in [4.69, 9.17) is 0 Å². The van der Waals surface area contributed by atoms with Gasteiger partial charge in [-0.1, -0.05) is 12.1 Å². The van der Waals surface area contributed by atoms with Crippen LogP contribution in [0.2, 0.25) is 0 Å². The van der Waals surface area contributed by atoms with Gasteiger partial charge in [0, 0.05) is 11.4 Å². The number of hydrogen-bond donors (Lipinski definition) is 2. The summed E-state index contributed by atoms with van der Waals surface area (Å²) in [5.74, 6) is 0.298. The van der Waals surface area contributed by atoms with Crippen LogP contribution in [0.3, 0.4) is 0 Å². The van der Waals surface area contributed by atoms with Crippen molar-refractivity contribution in [1.29, 1.82) is 0 Å². The summed E-state index contributed by atoms with van der Waals surface area (Å²) >= 11 is 0. The topological polar surface area (TPSA) is 32.3 Å². The van der Waals surface area contributed by atoms with Crippen LogP contribution in [0, 0.1) is 13.8 Å². The third-order valence-electron chi connectivity index (χ3n) is 2.51. The molecule has 0 unspecified atom stereocenters. The van der Waals surface area contributed by atoms with Crippen molar-refractivity contribution in [3.8, 4) is 5.75 Å². The van der Waals surface area contributed by atoms with Crippen molar-refractivity contribution >= 4 is 11.4 Å². The molecule has 0 heterocycles. The lowest BCUT2D eigenvalue weighted by molar-refractivity contribution is 0.475. The molecule has 2 heteroatoms. The van der Waals surface area contributed by atoms with Crippen LogP contribution >= 0.6 is 0 Å². The van der Waals surface area contributed by atoms with Gasteiger partial charge in [-0.05, 0) is 55.3 Å². The minimum absolute atomic E-state index is 0.298. The molecule has 2 rings (SSSR count). The van der Waals surface area contributed by atoms with E-state index in [9.17, 15) is 5.11 Å². The number of phenolic OH excluding ortho intramolecular Hbond substituents is 1. The van der Waals surface area contributed by atoms with Crippen molar-refractivity contribution in [2.75, 3.05) is 5.32 Å². The van der Waals surface area contributed by atoms with Gasteiger partial charge in [-0.15, -0.1) is 0 Å². The minimum Gasteiger partial charge on any atom is -0.508 e. The highest BCUT2D eigenvalue weighted by atomic mass is 16.3. The molecule has 0 saturated heterocycles. The fraction of sp³-hybridized carbons (Fsp3) is 0.143. The third-order valence-corrected chi connectivity index (χ3v) is 2.51. The SMILES string of the molecule is Cc1cccc(Nc2ccc(O)cc2C)c1. The van der Waals surface area contributed by atoms with Crippen LogP contribution in [0.5, 0.6) is 5.75 Å². The van der Waals surface area contributed by atoms with Crippen LogP contribution in [0.1, 0.15) is 11.1 Å². The number of benzene rings is 2. The Bertz CT molecular complexity index is 506. The molecule has 0 saturated carbocycles. The van der Waals surface area contributed by atoms with Gasteiger partial charge in [0.1, 0.15) is 5.75 Å². The third kappa shape index (κ3) is 2.34. The van der Waals surface area contributed by atoms with E-state index in [0.717, 1.165) is 16.9 Å². The van der Waals surface area contributed by atoms with Crippen molar-refractivity contribution in [3.63, 3.8) is 0 Å². The Hall–Kier alpha value is -1.96. The molecule has 2 N–H and O–H groups in total. The van der Waals surface area contributed by atoms with E-state index in [1.54, 1.807) is 12.1 Å².